The number of anilines is 2. The van der Waals surface area contributed by atoms with Gasteiger partial charge in [0.05, 0.1) is 13.2 Å². The second kappa shape index (κ2) is 7.47. The number of rotatable bonds is 3. The molecule has 0 saturated carbocycles. The lowest BCUT2D eigenvalue weighted by molar-refractivity contribution is 0.102. The van der Waals surface area contributed by atoms with Gasteiger partial charge in [-0.2, -0.15) is 0 Å². The standard InChI is InChI=1S/C20H16F3N3O2/c21-15-3-1-13(10-16(15)22)20(27)24-14-9-12-2-4-18(25-19(12)17(23)11-14)26-5-7-28-8-6-26/h1-4,9-11H,5-8H2,(H,24,27). The summed E-state index contributed by atoms with van der Waals surface area (Å²) < 4.78 is 46.2. The molecule has 1 aromatic heterocycles. The predicted octanol–water partition coefficient (Wildman–Crippen LogP) is 3.74. The van der Waals surface area contributed by atoms with Gasteiger partial charge in [-0.15, -0.1) is 0 Å². The van der Waals surface area contributed by atoms with Gasteiger partial charge in [-0.1, -0.05) is 0 Å². The van der Waals surface area contributed by atoms with Gasteiger partial charge in [-0.3, -0.25) is 4.79 Å². The number of hydrogen-bond acceptors (Lipinski definition) is 4. The highest BCUT2D eigenvalue weighted by atomic mass is 19.2. The first-order chi connectivity index (χ1) is 13.5. The minimum Gasteiger partial charge on any atom is -0.378 e. The van der Waals surface area contributed by atoms with Gasteiger partial charge in [0.2, 0.25) is 0 Å². The number of amides is 1. The second-order valence-corrected chi connectivity index (χ2v) is 6.38. The zero-order chi connectivity index (χ0) is 19.7. The normalized spacial score (nSPS) is 14.3. The molecular weight excluding hydrogens is 371 g/mol. The number of ether oxygens (including phenoxy) is 1. The first-order valence-corrected chi connectivity index (χ1v) is 8.71. The van der Waals surface area contributed by atoms with Crippen molar-refractivity contribution in [3.63, 3.8) is 0 Å². The summed E-state index contributed by atoms with van der Waals surface area (Å²) in [7, 11) is 0. The molecule has 1 aliphatic heterocycles. The van der Waals surface area contributed by atoms with Crippen LogP contribution in [0.3, 0.4) is 0 Å². The average molecular weight is 387 g/mol. The highest BCUT2D eigenvalue weighted by molar-refractivity contribution is 6.05. The summed E-state index contributed by atoms with van der Waals surface area (Å²) in [5.74, 6) is -2.77. The molecular formula is C20H16F3N3O2. The van der Waals surface area contributed by atoms with Crippen LogP contribution < -0.4 is 10.2 Å². The van der Waals surface area contributed by atoms with E-state index in [1.807, 2.05) is 4.90 Å². The van der Waals surface area contributed by atoms with Crippen LogP contribution in [0.2, 0.25) is 0 Å². The molecule has 0 spiro atoms. The Morgan fingerprint density at radius 1 is 0.964 bits per heavy atom. The molecule has 2 aromatic carbocycles. The van der Waals surface area contributed by atoms with E-state index in [0.29, 0.717) is 37.5 Å². The van der Waals surface area contributed by atoms with Gasteiger partial charge in [0.1, 0.15) is 11.3 Å². The Balaban J connectivity index is 1.60. The number of nitrogens with one attached hydrogen (secondary N) is 1. The van der Waals surface area contributed by atoms with Crippen LogP contribution in [-0.2, 0) is 4.74 Å². The fourth-order valence-electron chi connectivity index (χ4n) is 3.06. The van der Waals surface area contributed by atoms with Crippen molar-refractivity contribution < 1.29 is 22.7 Å². The highest BCUT2D eigenvalue weighted by Crippen LogP contribution is 2.25. The number of morpholine rings is 1. The summed E-state index contributed by atoms with van der Waals surface area (Å²) in [4.78, 5) is 18.6. The molecule has 1 N–H and O–H groups in total. The van der Waals surface area contributed by atoms with E-state index in [1.165, 1.54) is 0 Å². The van der Waals surface area contributed by atoms with Gasteiger partial charge < -0.3 is 15.0 Å². The molecule has 0 atom stereocenters. The Morgan fingerprint density at radius 2 is 1.75 bits per heavy atom. The molecule has 3 aromatic rings. The molecule has 28 heavy (non-hydrogen) atoms. The Labute approximate surface area is 158 Å². The van der Waals surface area contributed by atoms with E-state index in [9.17, 15) is 18.0 Å². The van der Waals surface area contributed by atoms with Crippen molar-refractivity contribution in [3.8, 4) is 0 Å². The number of pyridine rings is 1. The number of aromatic nitrogens is 1. The summed E-state index contributed by atoms with van der Waals surface area (Å²) in [6.45, 7) is 2.55. The fraction of sp³-hybridized carbons (Fsp3) is 0.200. The number of fused-ring (bicyclic) bond motifs is 1. The summed E-state index contributed by atoms with van der Waals surface area (Å²) >= 11 is 0. The zero-order valence-electron chi connectivity index (χ0n) is 14.7. The zero-order valence-corrected chi connectivity index (χ0v) is 14.7. The Hall–Kier alpha value is -3.13. The van der Waals surface area contributed by atoms with E-state index in [0.717, 1.165) is 24.3 Å². The van der Waals surface area contributed by atoms with Crippen LogP contribution in [0.15, 0.2) is 42.5 Å². The maximum atomic E-state index is 14.6. The van der Waals surface area contributed by atoms with Crippen molar-refractivity contribution in [2.75, 3.05) is 36.5 Å². The van der Waals surface area contributed by atoms with Crippen molar-refractivity contribution in [2.24, 2.45) is 0 Å². The maximum Gasteiger partial charge on any atom is 0.255 e. The van der Waals surface area contributed by atoms with Crippen LogP contribution >= 0.6 is 0 Å². The molecule has 0 aliphatic carbocycles. The van der Waals surface area contributed by atoms with Crippen LogP contribution in [-0.4, -0.2) is 37.2 Å². The van der Waals surface area contributed by atoms with Gasteiger partial charge >= 0.3 is 0 Å². The predicted molar refractivity (Wildman–Crippen MR) is 99.0 cm³/mol. The van der Waals surface area contributed by atoms with Crippen molar-refractivity contribution in [1.82, 2.24) is 4.98 Å². The van der Waals surface area contributed by atoms with E-state index in [4.69, 9.17) is 4.74 Å². The third-order valence-corrected chi connectivity index (χ3v) is 4.51. The van der Waals surface area contributed by atoms with Gasteiger partial charge in [-0.05, 0) is 42.5 Å². The molecule has 1 amide bonds. The number of carbonyl (C=O) groups excluding carboxylic acids is 1. The molecule has 8 heteroatoms. The summed E-state index contributed by atoms with van der Waals surface area (Å²) in [6, 6.07) is 9.04. The fourth-order valence-corrected chi connectivity index (χ4v) is 3.06. The average Bonchev–Trinajstić information content (AvgIpc) is 2.70. The first kappa shape index (κ1) is 18.2. The molecule has 144 valence electrons. The number of halogens is 3. The van der Waals surface area contributed by atoms with Crippen LogP contribution in [0, 0.1) is 17.5 Å². The molecule has 0 unspecified atom stereocenters. The van der Waals surface area contributed by atoms with E-state index < -0.39 is 23.4 Å². The highest BCUT2D eigenvalue weighted by Gasteiger charge is 2.15. The molecule has 0 bridgehead atoms. The van der Waals surface area contributed by atoms with Crippen LogP contribution in [0.4, 0.5) is 24.7 Å². The Morgan fingerprint density at radius 3 is 2.50 bits per heavy atom. The number of benzene rings is 2. The SMILES string of the molecule is O=C(Nc1cc(F)c2nc(N3CCOCC3)ccc2c1)c1ccc(F)c(F)c1. The third-order valence-electron chi connectivity index (χ3n) is 4.51. The Bertz CT molecular complexity index is 1050. The topological polar surface area (TPSA) is 54.5 Å². The molecule has 1 fully saturated rings. The van der Waals surface area contributed by atoms with Gasteiger partial charge in [0.15, 0.2) is 17.5 Å². The molecule has 5 nitrogen and oxygen atoms in total. The van der Waals surface area contributed by atoms with Crippen molar-refractivity contribution in [3.05, 3.63) is 65.5 Å². The smallest absolute Gasteiger partial charge is 0.255 e. The number of nitrogens with zero attached hydrogens (tertiary/aromatic N) is 2. The summed E-state index contributed by atoms with van der Waals surface area (Å²) in [5, 5.41) is 3.00. The number of carbonyl (C=O) groups is 1. The van der Waals surface area contributed by atoms with Gasteiger partial charge in [-0.25, -0.2) is 18.2 Å². The second-order valence-electron chi connectivity index (χ2n) is 6.38. The lowest BCUT2D eigenvalue weighted by Crippen LogP contribution is -2.36. The maximum absolute atomic E-state index is 14.6. The van der Waals surface area contributed by atoms with E-state index in [2.05, 4.69) is 10.3 Å². The van der Waals surface area contributed by atoms with E-state index in [1.54, 1.807) is 18.2 Å². The quantitative estimate of drug-likeness (QED) is 0.744. The van der Waals surface area contributed by atoms with E-state index in [-0.39, 0.29) is 16.8 Å². The van der Waals surface area contributed by atoms with Crippen molar-refractivity contribution >= 4 is 28.3 Å². The third kappa shape index (κ3) is 3.63. The van der Waals surface area contributed by atoms with Crippen LogP contribution in [0.5, 0.6) is 0 Å². The molecule has 4 rings (SSSR count). The lowest BCUT2D eigenvalue weighted by atomic mass is 10.1. The first-order valence-electron chi connectivity index (χ1n) is 8.71. The monoisotopic (exact) mass is 387 g/mol. The minimum atomic E-state index is -1.13. The molecule has 1 saturated heterocycles. The lowest BCUT2D eigenvalue weighted by Gasteiger charge is -2.28. The van der Waals surface area contributed by atoms with Crippen molar-refractivity contribution in [2.45, 2.75) is 0 Å². The minimum absolute atomic E-state index is 0.0693. The molecule has 0 radical (unpaired) electrons. The van der Waals surface area contributed by atoms with Crippen LogP contribution in [0.25, 0.3) is 10.9 Å². The largest absolute Gasteiger partial charge is 0.378 e. The molecule has 2 heterocycles. The summed E-state index contributed by atoms with van der Waals surface area (Å²) in [5.41, 5.74) is 0.315. The Kier molecular flexibility index (Phi) is 4.87. The van der Waals surface area contributed by atoms with Crippen molar-refractivity contribution in [1.29, 1.82) is 0 Å². The van der Waals surface area contributed by atoms with E-state index >= 15 is 0 Å². The van der Waals surface area contributed by atoms with Gasteiger partial charge in [0, 0.05) is 29.7 Å². The molecule has 1 aliphatic rings. The summed E-state index contributed by atoms with van der Waals surface area (Å²) in [6.07, 6.45) is 0. The van der Waals surface area contributed by atoms with Crippen LogP contribution in [0.1, 0.15) is 10.4 Å². The number of hydrogen-bond donors (Lipinski definition) is 1. The van der Waals surface area contributed by atoms with Gasteiger partial charge in [0.25, 0.3) is 5.91 Å².